The number of rotatable bonds is 6. The van der Waals surface area contributed by atoms with E-state index in [1.165, 1.54) is 11.3 Å². The van der Waals surface area contributed by atoms with Crippen molar-refractivity contribution in [2.75, 3.05) is 13.4 Å². The number of nitrogens with zero attached hydrogens (tertiary/aromatic N) is 3. The standard InChI is InChI=1S/C30H27N3O5S/c1-5-13-32-18(4)21(20-9-7-8-10-22(20)32)15-25-28(34)33-27(19-11-12-23-24(14-19)38-16-37-23)26(29(35)36-6-2)17(3)31-30(33)39-25/h5,7-12,14-15,27H,1,6,13,16H2,2-4H3/b25-15+. The number of aromatic nitrogens is 2. The summed E-state index contributed by atoms with van der Waals surface area (Å²) in [5, 5.41) is 1.05. The van der Waals surface area contributed by atoms with E-state index in [0.29, 0.717) is 44.2 Å². The Morgan fingerprint density at radius 2 is 2.00 bits per heavy atom. The van der Waals surface area contributed by atoms with E-state index in [2.05, 4.69) is 28.3 Å². The molecule has 0 spiro atoms. The molecule has 2 aliphatic rings. The molecule has 8 nitrogen and oxygen atoms in total. The predicted molar refractivity (Wildman–Crippen MR) is 150 cm³/mol. The summed E-state index contributed by atoms with van der Waals surface area (Å²) < 4.78 is 20.8. The second-order valence-corrected chi connectivity index (χ2v) is 10.3. The van der Waals surface area contributed by atoms with E-state index in [4.69, 9.17) is 14.2 Å². The molecule has 4 aromatic rings. The first-order valence-electron chi connectivity index (χ1n) is 12.7. The molecular formula is C30H27N3O5S. The van der Waals surface area contributed by atoms with E-state index in [9.17, 15) is 9.59 Å². The van der Waals surface area contributed by atoms with Crippen molar-refractivity contribution in [1.82, 2.24) is 9.13 Å². The molecule has 0 aliphatic carbocycles. The summed E-state index contributed by atoms with van der Waals surface area (Å²) >= 11 is 1.31. The smallest absolute Gasteiger partial charge is 0.338 e. The number of carbonyl (C=O) groups excluding carboxylic acids is 1. The number of thiazole rings is 1. The van der Waals surface area contributed by atoms with Gasteiger partial charge in [0.05, 0.1) is 28.5 Å². The SMILES string of the molecule is C=CCn1c(C)c(/C=c2/sc3n(c2=O)C(c2ccc4c(c2)OCO4)C(C(=O)OCC)=C(C)N=3)c2ccccc21. The van der Waals surface area contributed by atoms with Gasteiger partial charge in [0.2, 0.25) is 6.79 Å². The molecule has 6 rings (SSSR count). The lowest BCUT2D eigenvalue weighted by atomic mass is 9.95. The van der Waals surface area contributed by atoms with Gasteiger partial charge in [-0.1, -0.05) is 41.7 Å². The number of benzene rings is 2. The second kappa shape index (κ2) is 9.74. The number of carbonyl (C=O) groups is 1. The highest BCUT2D eigenvalue weighted by Gasteiger charge is 2.34. The lowest BCUT2D eigenvalue weighted by molar-refractivity contribution is -0.139. The Morgan fingerprint density at radius 3 is 2.79 bits per heavy atom. The van der Waals surface area contributed by atoms with Crippen LogP contribution in [-0.2, 0) is 16.1 Å². The van der Waals surface area contributed by atoms with Gasteiger partial charge in [-0.2, -0.15) is 0 Å². The molecule has 4 heterocycles. The van der Waals surface area contributed by atoms with Gasteiger partial charge in [0.25, 0.3) is 5.56 Å². The second-order valence-electron chi connectivity index (χ2n) is 9.33. The normalized spacial score (nSPS) is 16.4. The Kier molecular flexibility index (Phi) is 6.23. The molecule has 0 fully saturated rings. The average Bonchev–Trinajstić information content (AvgIpc) is 3.59. The van der Waals surface area contributed by atoms with Crippen LogP contribution in [0, 0.1) is 6.92 Å². The van der Waals surface area contributed by atoms with Crippen molar-refractivity contribution in [3.63, 3.8) is 0 Å². The molecule has 2 aliphatic heterocycles. The zero-order valence-electron chi connectivity index (χ0n) is 21.9. The van der Waals surface area contributed by atoms with E-state index in [-0.39, 0.29) is 19.0 Å². The molecule has 2 aromatic heterocycles. The predicted octanol–water partition coefficient (Wildman–Crippen LogP) is 3.98. The highest BCUT2D eigenvalue weighted by atomic mass is 32.1. The summed E-state index contributed by atoms with van der Waals surface area (Å²) in [6, 6.07) is 12.9. The molecular weight excluding hydrogens is 514 g/mol. The number of para-hydroxylation sites is 1. The molecule has 1 unspecified atom stereocenters. The van der Waals surface area contributed by atoms with E-state index in [1.807, 2.05) is 43.3 Å². The van der Waals surface area contributed by atoms with Crippen LogP contribution in [0.25, 0.3) is 17.0 Å². The molecule has 9 heteroatoms. The summed E-state index contributed by atoms with van der Waals surface area (Å²) in [5.74, 6) is 0.688. The lowest BCUT2D eigenvalue weighted by Crippen LogP contribution is -2.39. The third kappa shape index (κ3) is 4.01. The zero-order valence-corrected chi connectivity index (χ0v) is 22.7. The Balaban J connectivity index is 1.59. The van der Waals surface area contributed by atoms with Gasteiger partial charge >= 0.3 is 5.97 Å². The number of hydrogen-bond donors (Lipinski definition) is 0. The summed E-state index contributed by atoms with van der Waals surface area (Å²) in [7, 11) is 0. The summed E-state index contributed by atoms with van der Waals surface area (Å²) in [6.07, 6.45) is 3.79. The van der Waals surface area contributed by atoms with Gasteiger partial charge in [0, 0.05) is 28.7 Å². The van der Waals surface area contributed by atoms with Crippen LogP contribution in [0.5, 0.6) is 11.5 Å². The third-order valence-corrected chi connectivity index (χ3v) is 8.08. The van der Waals surface area contributed by atoms with Crippen LogP contribution in [-0.4, -0.2) is 28.5 Å². The Hall–Kier alpha value is -4.37. The fourth-order valence-corrected chi connectivity index (χ4v) is 6.35. The van der Waals surface area contributed by atoms with E-state index >= 15 is 0 Å². The summed E-state index contributed by atoms with van der Waals surface area (Å²) in [5.41, 5.74) is 4.42. The van der Waals surface area contributed by atoms with Crippen molar-refractivity contribution >= 4 is 34.3 Å². The summed E-state index contributed by atoms with van der Waals surface area (Å²) in [4.78, 5) is 32.5. The van der Waals surface area contributed by atoms with Crippen LogP contribution in [0.1, 0.15) is 36.7 Å². The van der Waals surface area contributed by atoms with Crippen LogP contribution in [0.3, 0.4) is 0 Å². The molecule has 0 radical (unpaired) electrons. The quantitative estimate of drug-likeness (QED) is 0.272. The first-order chi connectivity index (χ1) is 18.9. The van der Waals surface area contributed by atoms with Gasteiger partial charge in [-0.15, -0.1) is 6.58 Å². The topological polar surface area (TPSA) is 84.0 Å². The van der Waals surface area contributed by atoms with Gasteiger partial charge in [0.1, 0.15) is 0 Å². The minimum absolute atomic E-state index is 0.125. The minimum atomic E-state index is -0.722. The highest BCUT2D eigenvalue weighted by molar-refractivity contribution is 7.07. The van der Waals surface area contributed by atoms with E-state index in [0.717, 1.165) is 22.2 Å². The lowest BCUT2D eigenvalue weighted by Gasteiger charge is -2.24. The molecule has 0 N–H and O–H groups in total. The van der Waals surface area contributed by atoms with Crippen LogP contribution >= 0.6 is 11.3 Å². The van der Waals surface area contributed by atoms with Crippen molar-refractivity contribution in [3.05, 3.63) is 103 Å². The monoisotopic (exact) mass is 541 g/mol. The Morgan fingerprint density at radius 1 is 1.21 bits per heavy atom. The molecule has 198 valence electrons. The number of allylic oxidation sites excluding steroid dienone is 2. The Bertz CT molecular complexity index is 1870. The number of fused-ring (bicyclic) bond motifs is 3. The van der Waals surface area contributed by atoms with Gasteiger partial charge in [-0.3, -0.25) is 9.36 Å². The number of hydrogen-bond acceptors (Lipinski definition) is 7. The fourth-order valence-electron chi connectivity index (χ4n) is 5.33. The molecule has 0 saturated carbocycles. The maximum Gasteiger partial charge on any atom is 0.338 e. The minimum Gasteiger partial charge on any atom is -0.463 e. The van der Waals surface area contributed by atoms with E-state index in [1.54, 1.807) is 24.5 Å². The van der Waals surface area contributed by atoms with Gasteiger partial charge in [-0.05, 0) is 50.6 Å². The number of esters is 1. The van der Waals surface area contributed by atoms with Crippen molar-refractivity contribution in [1.29, 1.82) is 0 Å². The number of ether oxygens (including phenoxy) is 3. The summed E-state index contributed by atoms with van der Waals surface area (Å²) in [6.45, 7) is 10.5. The van der Waals surface area contributed by atoms with E-state index < -0.39 is 12.0 Å². The van der Waals surface area contributed by atoms with Crippen LogP contribution in [0.2, 0.25) is 0 Å². The van der Waals surface area contributed by atoms with Crippen LogP contribution in [0.15, 0.2) is 76.2 Å². The molecule has 0 amide bonds. The van der Waals surface area contributed by atoms with Crippen molar-refractivity contribution in [2.45, 2.75) is 33.4 Å². The molecule has 0 bridgehead atoms. The maximum absolute atomic E-state index is 14.1. The third-order valence-electron chi connectivity index (χ3n) is 7.10. The van der Waals surface area contributed by atoms with Crippen molar-refractivity contribution in [3.8, 4) is 11.5 Å². The van der Waals surface area contributed by atoms with Gasteiger partial charge in [-0.25, -0.2) is 9.79 Å². The molecule has 39 heavy (non-hydrogen) atoms. The van der Waals surface area contributed by atoms with Gasteiger partial charge < -0.3 is 18.8 Å². The highest BCUT2D eigenvalue weighted by Crippen LogP contribution is 2.38. The van der Waals surface area contributed by atoms with Gasteiger partial charge in [0.15, 0.2) is 16.3 Å². The van der Waals surface area contributed by atoms with Crippen LogP contribution < -0.4 is 24.4 Å². The fraction of sp³-hybridized carbons (Fsp3) is 0.233. The van der Waals surface area contributed by atoms with Crippen molar-refractivity contribution < 1.29 is 19.0 Å². The molecule has 1 atom stereocenters. The first-order valence-corrected chi connectivity index (χ1v) is 13.5. The van der Waals surface area contributed by atoms with Crippen LogP contribution in [0.4, 0.5) is 0 Å². The maximum atomic E-state index is 14.1. The van der Waals surface area contributed by atoms with Crippen molar-refractivity contribution in [2.24, 2.45) is 4.99 Å². The Labute approximate surface area is 228 Å². The molecule has 0 saturated heterocycles. The largest absolute Gasteiger partial charge is 0.463 e. The average molecular weight is 542 g/mol. The zero-order chi connectivity index (χ0) is 27.3. The first kappa shape index (κ1) is 24.9. The molecule has 2 aromatic carbocycles.